The van der Waals surface area contributed by atoms with Gasteiger partial charge in [0.05, 0.1) is 6.07 Å². The van der Waals surface area contributed by atoms with Crippen LogP contribution in [0.5, 0.6) is 0 Å². The highest BCUT2D eigenvalue weighted by atomic mass is 16.2. The average molecular weight is 209 g/mol. The molecule has 5 nitrogen and oxygen atoms in total. The molecule has 2 atom stereocenters. The Kier molecular flexibility index (Phi) is 2.98. The Morgan fingerprint density at radius 3 is 2.53 bits per heavy atom. The minimum Gasteiger partial charge on any atom is -0.368 e. The molecule has 1 heterocycles. The van der Waals surface area contributed by atoms with Crippen LogP contribution in [0.3, 0.4) is 0 Å². The predicted molar refractivity (Wildman–Crippen MR) is 53.3 cm³/mol. The largest absolute Gasteiger partial charge is 0.368 e. The Morgan fingerprint density at radius 1 is 1.67 bits per heavy atom. The Hall–Kier alpha value is -1.57. The van der Waals surface area contributed by atoms with Crippen molar-refractivity contribution in [3.63, 3.8) is 0 Å². The Bertz CT molecular complexity index is 334. The molecule has 0 aromatic rings. The lowest BCUT2D eigenvalue weighted by molar-refractivity contribution is -0.151. The van der Waals surface area contributed by atoms with Gasteiger partial charge in [-0.2, -0.15) is 5.26 Å². The molecule has 0 saturated carbocycles. The maximum absolute atomic E-state index is 11.9. The fourth-order valence-electron chi connectivity index (χ4n) is 1.52. The third-order valence-electron chi connectivity index (χ3n) is 3.03. The van der Waals surface area contributed by atoms with Crippen LogP contribution in [0.4, 0.5) is 0 Å². The Labute approximate surface area is 88.8 Å². The molecule has 1 saturated heterocycles. The summed E-state index contributed by atoms with van der Waals surface area (Å²) in [5, 5.41) is 8.94. The van der Waals surface area contributed by atoms with E-state index in [4.69, 9.17) is 11.0 Å². The molecule has 1 aliphatic rings. The molecule has 0 aromatic heterocycles. The summed E-state index contributed by atoms with van der Waals surface area (Å²) in [6, 6.07) is 1.48. The molecule has 0 bridgehead atoms. The summed E-state index contributed by atoms with van der Waals surface area (Å²) in [6.45, 7) is 3.88. The van der Waals surface area contributed by atoms with Gasteiger partial charge in [0.25, 0.3) is 0 Å². The molecule has 0 spiro atoms. The van der Waals surface area contributed by atoms with Crippen molar-refractivity contribution in [2.24, 2.45) is 11.1 Å². The second-order valence-corrected chi connectivity index (χ2v) is 4.00. The highest BCUT2D eigenvalue weighted by molar-refractivity contribution is 5.92. The van der Waals surface area contributed by atoms with Crippen LogP contribution >= 0.6 is 0 Å². The van der Waals surface area contributed by atoms with E-state index in [1.807, 2.05) is 6.07 Å². The van der Waals surface area contributed by atoms with E-state index < -0.39 is 17.4 Å². The minimum atomic E-state index is -1.03. The minimum absolute atomic E-state index is 0.289. The maximum atomic E-state index is 11.9. The van der Waals surface area contributed by atoms with Crippen molar-refractivity contribution in [1.29, 1.82) is 5.26 Å². The monoisotopic (exact) mass is 209 g/mol. The Balaban J connectivity index is 2.78. The van der Waals surface area contributed by atoms with Crippen molar-refractivity contribution < 1.29 is 9.59 Å². The zero-order valence-corrected chi connectivity index (χ0v) is 8.99. The van der Waals surface area contributed by atoms with E-state index >= 15 is 0 Å². The summed E-state index contributed by atoms with van der Waals surface area (Å²) >= 11 is 0. The maximum Gasteiger partial charge on any atom is 0.243 e. The molecular weight excluding hydrogens is 194 g/mol. The third-order valence-corrected chi connectivity index (χ3v) is 3.03. The van der Waals surface area contributed by atoms with Crippen LogP contribution in [-0.4, -0.2) is 29.3 Å². The zero-order chi connectivity index (χ0) is 11.6. The van der Waals surface area contributed by atoms with Crippen molar-refractivity contribution in [1.82, 2.24) is 4.90 Å². The second kappa shape index (κ2) is 3.89. The van der Waals surface area contributed by atoms with Gasteiger partial charge >= 0.3 is 0 Å². The summed E-state index contributed by atoms with van der Waals surface area (Å²) < 4.78 is 0. The van der Waals surface area contributed by atoms with Crippen molar-refractivity contribution in [3.05, 3.63) is 0 Å². The molecule has 1 aliphatic heterocycles. The highest BCUT2D eigenvalue weighted by Gasteiger charge is 2.44. The summed E-state index contributed by atoms with van der Waals surface area (Å²) in [5.41, 5.74) is 4.10. The normalized spacial score (nSPS) is 23.5. The van der Waals surface area contributed by atoms with Gasteiger partial charge in [-0.15, -0.1) is 0 Å². The van der Waals surface area contributed by atoms with Crippen LogP contribution in [-0.2, 0) is 9.59 Å². The predicted octanol–water partition coefficient (Wildman–Crippen LogP) is 0.0125. The van der Waals surface area contributed by atoms with Crippen LogP contribution < -0.4 is 5.73 Å². The molecule has 5 heteroatoms. The van der Waals surface area contributed by atoms with Gasteiger partial charge in [0.1, 0.15) is 11.5 Å². The van der Waals surface area contributed by atoms with Gasteiger partial charge in [0, 0.05) is 6.54 Å². The van der Waals surface area contributed by atoms with E-state index in [9.17, 15) is 9.59 Å². The van der Waals surface area contributed by atoms with Crippen molar-refractivity contribution in [3.8, 4) is 6.07 Å². The third kappa shape index (κ3) is 1.80. The summed E-state index contributed by atoms with van der Waals surface area (Å²) in [7, 11) is 0. The fraction of sp³-hybridized carbons (Fsp3) is 0.700. The number of primary amides is 1. The number of carbonyl (C=O) groups is 2. The van der Waals surface area contributed by atoms with E-state index in [0.717, 1.165) is 0 Å². The van der Waals surface area contributed by atoms with Crippen LogP contribution in [0.2, 0.25) is 0 Å². The van der Waals surface area contributed by atoms with E-state index in [-0.39, 0.29) is 5.91 Å². The molecule has 15 heavy (non-hydrogen) atoms. The van der Waals surface area contributed by atoms with Crippen molar-refractivity contribution in [2.45, 2.75) is 32.7 Å². The summed E-state index contributed by atoms with van der Waals surface area (Å²) in [6.07, 6.45) is 1.04. The Morgan fingerprint density at radius 2 is 2.27 bits per heavy atom. The van der Waals surface area contributed by atoms with Gasteiger partial charge < -0.3 is 10.6 Å². The number of likely N-dealkylation sites (tertiary alicyclic amines) is 1. The first kappa shape index (κ1) is 11.5. The van der Waals surface area contributed by atoms with Crippen molar-refractivity contribution >= 4 is 11.8 Å². The number of nitrogens with zero attached hydrogens (tertiary/aromatic N) is 2. The number of nitrogens with two attached hydrogens (primary N) is 1. The van der Waals surface area contributed by atoms with Crippen LogP contribution in [0.25, 0.3) is 0 Å². The number of amides is 2. The molecule has 2 unspecified atom stereocenters. The number of carbonyl (C=O) groups excluding carboxylic acids is 2. The van der Waals surface area contributed by atoms with Gasteiger partial charge in [-0.1, -0.05) is 6.92 Å². The lowest BCUT2D eigenvalue weighted by Gasteiger charge is -2.41. The molecule has 82 valence electrons. The topological polar surface area (TPSA) is 87.2 Å². The van der Waals surface area contributed by atoms with E-state index in [1.54, 1.807) is 13.8 Å². The zero-order valence-electron chi connectivity index (χ0n) is 8.99. The molecule has 1 fully saturated rings. The van der Waals surface area contributed by atoms with E-state index in [1.165, 1.54) is 4.90 Å². The number of hydrogen-bond donors (Lipinski definition) is 1. The molecular formula is C10H15N3O2. The second-order valence-electron chi connectivity index (χ2n) is 4.00. The van der Waals surface area contributed by atoms with Crippen molar-refractivity contribution in [2.75, 3.05) is 6.54 Å². The number of nitriles is 1. The summed E-state index contributed by atoms with van der Waals surface area (Å²) in [5.74, 6) is -0.784. The first-order chi connectivity index (χ1) is 6.96. The molecule has 2 amide bonds. The van der Waals surface area contributed by atoms with Gasteiger partial charge in [0.15, 0.2) is 0 Å². The van der Waals surface area contributed by atoms with Gasteiger partial charge in [-0.05, 0) is 19.8 Å². The first-order valence-corrected chi connectivity index (χ1v) is 4.98. The molecule has 1 rings (SSSR count). The molecule has 0 aromatic carbocycles. The SMILES string of the molecule is CCC(C)(C#N)C(=O)N1CCC1C(N)=O. The van der Waals surface area contributed by atoms with Gasteiger partial charge in [-0.3, -0.25) is 9.59 Å². The van der Waals surface area contributed by atoms with E-state index in [2.05, 4.69) is 0 Å². The molecule has 0 radical (unpaired) electrons. The van der Waals surface area contributed by atoms with Crippen LogP contribution in [0.15, 0.2) is 0 Å². The smallest absolute Gasteiger partial charge is 0.243 e. The lowest BCUT2D eigenvalue weighted by Crippen LogP contribution is -2.60. The number of hydrogen-bond acceptors (Lipinski definition) is 3. The highest BCUT2D eigenvalue weighted by Crippen LogP contribution is 2.28. The lowest BCUT2D eigenvalue weighted by atomic mass is 9.85. The van der Waals surface area contributed by atoms with Gasteiger partial charge in [-0.25, -0.2) is 0 Å². The van der Waals surface area contributed by atoms with E-state index in [0.29, 0.717) is 19.4 Å². The van der Waals surface area contributed by atoms with Crippen LogP contribution in [0.1, 0.15) is 26.7 Å². The van der Waals surface area contributed by atoms with Crippen LogP contribution in [0, 0.1) is 16.7 Å². The first-order valence-electron chi connectivity index (χ1n) is 4.98. The average Bonchev–Trinajstić information content (AvgIpc) is 2.13. The van der Waals surface area contributed by atoms with Gasteiger partial charge in [0.2, 0.25) is 11.8 Å². The fourth-order valence-corrected chi connectivity index (χ4v) is 1.52. The molecule has 0 aliphatic carbocycles. The summed E-state index contributed by atoms with van der Waals surface area (Å²) in [4.78, 5) is 24.3. The molecule has 2 N–H and O–H groups in total. The number of rotatable bonds is 3. The standard InChI is InChI=1S/C10H15N3O2/c1-3-10(2,6-11)9(15)13-5-4-7(13)8(12)14/h7H,3-5H2,1-2H3,(H2,12,14). The quantitative estimate of drug-likeness (QED) is 0.710.